The normalized spacial score (nSPS) is 28.8. The SMILES string of the molecule is Cc1cc(-c2nc3c4c(nc(OC[C@@]56CCCN5C[C@H](F)C6)nc4c2F)N2C[C@H]4CC[C@@H](C2[C@H](C)O3)N4C(=O)OC(C)(C)C)c(F)c(N)c1F. The Bertz CT molecular complexity index is 1910. The summed E-state index contributed by atoms with van der Waals surface area (Å²) in [5, 5.41) is 0.163. The standard InChI is InChI=1S/C35H41F4N7O4/c1-16-11-20(24(38)26(40)23(16)37)27-25(39)28-22-30(43-32(42-28)48-15-35-9-6-10-44(35)13-18(36)12-35)45-14-19-7-8-21(29(45)17(2)49-31(22)41-27)46(19)33(47)50-34(3,4)5/h11,17-19,21,29H,6-10,12-15,40H2,1-5H3/t17-,18+,19+,21-,29?,35-/m0/s1. The molecule has 0 saturated carbocycles. The number of alkyl halides is 1. The van der Waals surface area contributed by atoms with Gasteiger partial charge in [0.25, 0.3) is 0 Å². The summed E-state index contributed by atoms with van der Waals surface area (Å²) in [4.78, 5) is 33.2. The molecule has 0 radical (unpaired) electrons. The van der Waals surface area contributed by atoms with Crippen LogP contribution in [0.25, 0.3) is 22.2 Å². The molecule has 268 valence electrons. The number of aromatic nitrogens is 3. The van der Waals surface area contributed by atoms with Gasteiger partial charge in [0.2, 0.25) is 5.88 Å². The molecule has 4 fully saturated rings. The summed E-state index contributed by atoms with van der Waals surface area (Å²) >= 11 is 0. The molecule has 11 nitrogen and oxygen atoms in total. The Balaban J connectivity index is 1.27. The zero-order chi connectivity index (χ0) is 35.4. The Hall–Kier alpha value is -4.14. The van der Waals surface area contributed by atoms with E-state index in [4.69, 9.17) is 24.9 Å². The van der Waals surface area contributed by atoms with Gasteiger partial charge in [0.05, 0.1) is 23.7 Å². The number of rotatable bonds is 4. The zero-order valence-electron chi connectivity index (χ0n) is 28.7. The van der Waals surface area contributed by atoms with Crippen LogP contribution in [0.4, 0.5) is 33.9 Å². The van der Waals surface area contributed by atoms with Crippen LogP contribution in [0.3, 0.4) is 0 Å². The van der Waals surface area contributed by atoms with E-state index in [-0.39, 0.29) is 52.6 Å². The molecule has 2 aromatic heterocycles. The average molecular weight is 700 g/mol. The van der Waals surface area contributed by atoms with Crippen molar-refractivity contribution in [2.45, 2.75) is 108 Å². The number of anilines is 2. The molecular formula is C35H41F4N7O4. The third-order valence-corrected chi connectivity index (χ3v) is 11.0. The molecule has 0 aliphatic carbocycles. The monoisotopic (exact) mass is 699 g/mol. The fraction of sp³-hybridized carbons (Fsp3) is 0.600. The number of nitrogens with two attached hydrogens (primary N) is 1. The van der Waals surface area contributed by atoms with E-state index in [1.54, 1.807) is 4.90 Å². The number of piperazine rings is 1. The maximum Gasteiger partial charge on any atom is 0.410 e. The first-order chi connectivity index (χ1) is 23.7. The molecule has 5 aliphatic rings. The molecular weight excluding hydrogens is 658 g/mol. The van der Waals surface area contributed by atoms with Gasteiger partial charge in [0.15, 0.2) is 17.5 Å². The minimum Gasteiger partial charge on any atom is -0.472 e. The third-order valence-electron chi connectivity index (χ3n) is 11.0. The number of pyridine rings is 1. The number of carbonyl (C=O) groups excluding carboxylic acids is 1. The maximum atomic E-state index is 16.8. The quantitative estimate of drug-likeness (QED) is 0.269. The summed E-state index contributed by atoms with van der Waals surface area (Å²) in [6, 6.07) is -0.0127. The summed E-state index contributed by atoms with van der Waals surface area (Å²) < 4.78 is 80.0. The first-order valence-corrected chi connectivity index (χ1v) is 17.3. The van der Waals surface area contributed by atoms with Gasteiger partial charge >= 0.3 is 12.1 Å². The van der Waals surface area contributed by atoms with Gasteiger partial charge in [-0.25, -0.2) is 27.3 Å². The number of amides is 1. The van der Waals surface area contributed by atoms with Gasteiger partial charge in [0.1, 0.15) is 52.6 Å². The molecule has 2 bridgehead atoms. The summed E-state index contributed by atoms with van der Waals surface area (Å²) in [5.74, 6) is -2.84. The molecule has 7 heterocycles. The van der Waals surface area contributed by atoms with E-state index >= 15 is 8.78 Å². The first kappa shape index (κ1) is 33.0. The molecule has 0 spiro atoms. The topological polar surface area (TPSA) is 119 Å². The molecule has 4 saturated heterocycles. The highest BCUT2D eigenvalue weighted by Gasteiger charge is 2.54. The molecule has 3 aromatic rings. The lowest BCUT2D eigenvalue weighted by Gasteiger charge is -2.48. The number of halogens is 4. The molecule has 1 unspecified atom stereocenters. The number of hydrogen-bond donors (Lipinski definition) is 1. The van der Waals surface area contributed by atoms with Gasteiger partial charge < -0.3 is 24.8 Å². The summed E-state index contributed by atoms with van der Waals surface area (Å²) in [6.07, 6.45) is 1.32. The van der Waals surface area contributed by atoms with E-state index < -0.39 is 64.4 Å². The summed E-state index contributed by atoms with van der Waals surface area (Å²) in [6.45, 7) is 10.2. The van der Waals surface area contributed by atoms with Crippen LogP contribution in [-0.2, 0) is 4.74 Å². The van der Waals surface area contributed by atoms with Crippen LogP contribution in [0.2, 0.25) is 0 Å². The Morgan fingerprint density at radius 1 is 1.12 bits per heavy atom. The highest BCUT2D eigenvalue weighted by Crippen LogP contribution is 2.47. The van der Waals surface area contributed by atoms with Crippen LogP contribution in [0.15, 0.2) is 6.07 Å². The smallest absolute Gasteiger partial charge is 0.410 e. The van der Waals surface area contributed by atoms with E-state index in [0.717, 1.165) is 25.5 Å². The van der Waals surface area contributed by atoms with Crippen LogP contribution < -0.4 is 20.1 Å². The predicted octanol–water partition coefficient (Wildman–Crippen LogP) is 5.69. The fourth-order valence-electron chi connectivity index (χ4n) is 8.88. The minimum atomic E-state index is -1.16. The van der Waals surface area contributed by atoms with Gasteiger partial charge in [-0.2, -0.15) is 9.97 Å². The molecule has 1 aromatic carbocycles. The van der Waals surface area contributed by atoms with Gasteiger partial charge in [-0.1, -0.05) is 0 Å². The summed E-state index contributed by atoms with van der Waals surface area (Å²) in [7, 11) is 0. The molecule has 50 heavy (non-hydrogen) atoms. The van der Waals surface area contributed by atoms with Crippen molar-refractivity contribution in [1.82, 2.24) is 24.8 Å². The lowest BCUT2D eigenvalue weighted by Crippen LogP contribution is -2.65. The number of hydrogen-bond acceptors (Lipinski definition) is 10. The Kier molecular flexibility index (Phi) is 7.56. The molecule has 6 atom stereocenters. The minimum absolute atomic E-state index is 0.00578. The van der Waals surface area contributed by atoms with Crippen LogP contribution in [0.1, 0.15) is 65.4 Å². The van der Waals surface area contributed by atoms with E-state index in [9.17, 15) is 13.6 Å². The number of nitrogen functional groups attached to an aromatic ring is 1. The van der Waals surface area contributed by atoms with E-state index in [1.165, 1.54) is 6.92 Å². The number of nitrogens with zero attached hydrogens (tertiary/aromatic N) is 6. The van der Waals surface area contributed by atoms with Gasteiger partial charge in [-0.15, -0.1) is 0 Å². The second-order valence-corrected chi connectivity index (χ2v) is 15.4. The van der Waals surface area contributed by atoms with Crippen molar-refractivity contribution < 1.29 is 36.6 Å². The average Bonchev–Trinajstić information content (AvgIpc) is 3.66. The van der Waals surface area contributed by atoms with Crippen LogP contribution in [0.5, 0.6) is 11.9 Å². The van der Waals surface area contributed by atoms with Crippen LogP contribution in [0, 0.1) is 24.4 Å². The van der Waals surface area contributed by atoms with Gasteiger partial charge in [-0.3, -0.25) is 9.80 Å². The molecule has 1 amide bonds. The molecule has 2 N–H and O–H groups in total. The number of ether oxygens (including phenoxy) is 3. The van der Waals surface area contributed by atoms with Crippen molar-refractivity contribution in [3.63, 3.8) is 0 Å². The van der Waals surface area contributed by atoms with Crippen LogP contribution >= 0.6 is 0 Å². The fourth-order valence-corrected chi connectivity index (χ4v) is 8.88. The molecule has 5 aliphatic heterocycles. The number of fused-ring (bicyclic) bond motifs is 6. The van der Waals surface area contributed by atoms with Gasteiger partial charge in [-0.05, 0) is 78.5 Å². The number of carbonyl (C=O) groups is 1. The summed E-state index contributed by atoms with van der Waals surface area (Å²) in [5.41, 5.74) is 2.72. The molecule has 15 heteroatoms. The largest absolute Gasteiger partial charge is 0.472 e. The van der Waals surface area contributed by atoms with E-state index in [2.05, 4.69) is 14.9 Å². The van der Waals surface area contributed by atoms with Crippen molar-refractivity contribution in [3.8, 4) is 23.1 Å². The maximum absolute atomic E-state index is 16.8. The molecule has 8 rings (SSSR count). The Morgan fingerprint density at radius 3 is 2.66 bits per heavy atom. The zero-order valence-corrected chi connectivity index (χ0v) is 28.7. The second-order valence-electron chi connectivity index (χ2n) is 15.4. The highest BCUT2D eigenvalue weighted by molar-refractivity contribution is 5.97. The van der Waals surface area contributed by atoms with Crippen molar-refractivity contribution in [2.24, 2.45) is 0 Å². The first-order valence-electron chi connectivity index (χ1n) is 17.3. The van der Waals surface area contributed by atoms with Crippen molar-refractivity contribution in [1.29, 1.82) is 0 Å². The Morgan fingerprint density at radius 2 is 1.90 bits per heavy atom. The Labute approximate surface area is 287 Å². The van der Waals surface area contributed by atoms with E-state index in [1.807, 2.05) is 32.6 Å². The number of aryl methyl sites for hydroxylation is 1. The third kappa shape index (κ3) is 5.09. The van der Waals surface area contributed by atoms with Crippen molar-refractivity contribution in [2.75, 3.05) is 36.9 Å². The van der Waals surface area contributed by atoms with E-state index in [0.29, 0.717) is 38.2 Å². The predicted molar refractivity (Wildman–Crippen MR) is 176 cm³/mol. The second kappa shape index (κ2) is 11.4. The van der Waals surface area contributed by atoms with Crippen LogP contribution in [-0.4, -0.2) is 98.6 Å². The van der Waals surface area contributed by atoms with Gasteiger partial charge in [0, 0.05) is 25.1 Å². The number of benzene rings is 1. The lowest BCUT2D eigenvalue weighted by atomic mass is 9.95. The van der Waals surface area contributed by atoms with Crippen molar-refractivity contribution in [3.05, 3.63) is 29.1 Å². The lowest BCUT2D eigenvalue weighted by molar-refractivity contribution is 0.000937. The van der Waals surface area contributed by atoms with Crippen molar-refractivity contribution >= 4 is 28.5 Å². The highest BCUT2D eigenvalue weighted by atomic mass is 19.1.